The molecular formula is C26H25FN2O2. The Balaban J connectivity index is 1.37. The fraction of sp³-hybridized carbons (Fsp3) is 0.346. The summed E-state index contributed by atoms with van der Waals surface area (Å²) in [4.78, 5) is 0. The second-order valence-electron chi connectivity index (χ2n) is 9.06. The van der Waals surface area contributed by atoms with Gasteiger partial charge in [0.15, 0.2) is 5.79 Å². The molecule has 3 atom stereocenters. The van der Waals surface area contributed by atoms with Crippen LogP contribution in [0.4, 0.5) is 4.39 Å². The summed E-state index contributed by atoms with van der Waals surface area (Å²) in [5.41, 5.74) is 5.40. The van der Waals surface area contributed by atoms with Crippen LogP contribution in [-0.4, -0.2) is 22.2 Å². The van der Waals surface area contributed by atoms with E-state index in [1.54, 1.807) is 12.1 Å². The molecule has 0 amide bonds. The zero-order valence-corrected chi connectivity index (χ0v) is 17.6. The molecule has 2 aliphatic carbocycles. The number of fused-ring (bicyclic) bond motifs is 3. The van der Waals surface area contributed by atoms with Crippen molar-refractivity contribution in [1.82, 2.24) is 9.78 Å². The number of ether oxygens (including phenoxy) is 2. The zero-order chi connectivity index (χ0) is 21.1. The largest absolute Gasteiger partial charge is 0.346 e. The van der Waals surface area contributed by atoms with Crippen LogP contribution in [0.1, 0.15) is 49.1 Å². The van der Waals surface area contributed by atoms with Gasteiger partial charge in [-0.15, -0.1) is 0 Å². The molecule has 0 N–H and O–H groups in total. The van der Waals surface area contributed by atoms with Gasteiger partial charge in [0, 0.05) is 11.8 Å². The molecule has 3 aromatic rings. The molecule has 6 rings (SSSR count). The Morgan fingerprint density at radius 2 is 1.90 bits per heavy atom. The highest BCUT2D eigenvalue weighted by atomic mass is 19.1. The fourth-order valence-electron chi connectivity index (χ4n) is 5.56. The quantitative estimate of drug-likeness (QED) is 0.544. The third-order valence-corrected chi connectivity index (χ3v) is 7.29. The normalized spacial score (nSPS) is 29.5. The maximum atomic E-state index is 13.4. The molecule has 2 fully saturated rings. The van der Waals surface area contributed by atoms with Gasteiger partial charge in [-0.1, -0.05) is 42.8 Å². The lowest BCUT2D eigenvalue weighted by atomic mass is 9.62. The number of rotatable bonds is 2. The molecule has 1 unspecified atom stereocenters. The molecule has 4 nitrogen and oxygen atoms in total. The first-order valence-electron chi connectivity index (χ1n) is 11.0. The Hall–Kier alpha value is -2.76. The Labute approximate surface area is 181 Å². The summed E-state index contributed by atoms with van der Waals surface area (Å²) in [6, 6.07) is 16.8. The van der Waals surface area contributed by atoms with Crippen molar-refractivity contribution in [2.45, 2.75) is 44.5 Å². The predicted octanol–water partition coefficient (Wildman–Crippen LogP) is 5.63. The van der Waals surface area contributed by atoms with Gasteiger partial charge in [-0.3, -0.25) is 0 Å². The van der Waals surface area contributed by atoms with E-state index in [1.165, 1.54) is 28.8 Å². The first-order valence-corrected chi connectivity index (χ1v) is 11.0. The van der Waals surface area contributed by atoms with Crippen molar-refractivity contribution in [3.05, 3.63) is 89.0 Å². The number of hydrogen-bond acceptors (Lipinski definition) is 3. The highest BCUT2D eigenvalue weighted by Crippen LogP contribution is 2.58. The van der Waals surface area contributed by atoms with Gasteiger partial charge in [0.2, 0.25) is 0 Å². The van der Waals surface area contributed by atoms with Crippen LogP contribution < -0.4 is 0 Å². The first kappa shape index (κ1) is 19.0. The molecule has 2 heterocycles. The third kappa shape index (κ3) is 2.83. The summed E-state index contributed by atoms with van der Waals surface area (Å²) in [5.74, 6) is -0.860. The molecule has 158 valence electrons. The maximum absolute atomic E-state index is 13.4. The minimum absolute atomic E-state index is 0.0410. The second kappa shape index (κ2) is 6.87. The fourth-order valence-corrected chi connectivity index (χ4v) is 5.56. The van der Waals surface area contributed by atoms with Crippen LogP contribution in [0.2, 0.25) is 0 Å². The van der Waals surface area contributed by atoms with Crippen molar-refractivity contribution in [1.29, 1.82) is 0 Å². The van der Waals surface area contributed by atoms with Crippen LogP contribution in [0.3, 0.4) is 0 Å². The second-order valence-corrected chi connectivity index (χ2v) is 9.06. The van der Waals surface area contributed by atoms with Gasteiger partial charge < -0.3 is 9.47 Å². The van der Waals surface area contributed by atoms with Crippen molar-refractivity contribution in [2.75, 3.05) is 6.61 Å². The third-order valence-electron chi connectivity index (χ3n) is 7.29. The molecular weight excluding hydrogens is 391 g/mol. The molecule has 3 aliphatic rings. The van der Waals surface area contributed by atoms with E-state index >= 15 is 0 Å². The summed E-state index contributed by atoms with van der Waals surface area (Å²) < 4.78 is 28.5. The Morgan fingerprint density at radius 3 is 2.71 bits per heavy atom. The van der Waals surface area contributed by atoms with Gasteiger partial charge in [-0.25, -0.2) is 9.07 Å². The topological polar surface area (TPSA) is 36.3 Å². The van der Waals surface area contributed by atoms with E-state index in [9.17, 15) is 4.39 Å². The smallest absolute Gasteiger partial charge is 0.178 e. The summed E-state index contributed by atoms with van der Waals surface area (Å²) in [5, 5.41) is 4.63. The van der Waals surface area contributed by atoms with Crippen LogP contribution in [-0.2, 0) is 15.9 Å². The van der Waals surface area contributed by atoms with E-state index in [2.05, 4.69) is 30.2 Å². The number of benzene rings is 2. The number of hydrogen-bond donors (Lipinski definition) is 0. The van der Waals surface area contributed by atoms with E-state index in [-0.39, 0.29) is 17.3 Å². The average molecular weight is 416 g/mol. The molecule has 1 aromatic heterocycles. The number of nitrogens with zero attached hydrogens (tertiary/aromatic N) is 2. The molecule has 1 saturated carbocycles. The van der Waals surface area contributed by atoms with Gasteiger partial charge in [-0.2, -0.15) is 5.10 Å². The van der Waals surface area contributed by atoms with Crippen LogP contribution >= 0.6 is 0 Å². The van der Waals surface area contributed by atoms with E-state index in [0.717, 1.165) is 37.1 Å². The van der Waals surface area contributed by atoms with Gasteiger partial charge in [0.05, 0.1) is 24.2 Å². The summed E-state index contributed by atoms with van der Waals surface area (Å²) in [6.07, 6.45) is 7.92. The van der Waals surface area contributed by atoms with Gasteiger partial charge >= 0.3 is 0 Å². The highest BCUT2D eigenvalue weighted by Gasteiger charge is 2.59. The Bertz CT molecular complexity index is 1150. The summed E-state index contributed by atoms with van der Waals surface area (Å²) in [6.45, 7) is 2.86. The van der Waals surface area contributed by atoms with Crippen LogP contribution in [0.15, 0.2) is 66.4 Å². The number of halogens is 1. The van der Waals surface area contributed by atoms with E-state index < -0.39 is 5.79 Å². The van der Waals surface area contributed by atoms with E-state index in [4.69, 9.17) is 9.47 Å². The molecule has 0 radical (unpaired) electrons. The van der Waals surface area contributed by atoms with Crippen molar-refractivity contribution in [3.8, 4) is 5.69 Å². The number of aromatic nitrogens is 2. The molecule has 1 saturated heterocycles. The van der Waals surface area contributed by atoms with Crippen LogP contribution in [0.5, 0.6) is 0 Å². The zero-order valence-electron chi connectivity index (χ0n) is 17.6. The van der Waals surface area contributed by atoms with Gasteiger partial charge in [0.25, 0.3) is 0 Å². The molecule has 1 spiro atoms. The SMILES string of the molecule is C[C@]12Cc3cnn(-c4ccc(F)cc4)c3C=C1CCCC21OC[C@@H](c2ccccc2)O1. The van der Waals surface area contributed by atoms with E-state index in [1.807, 2.05) is 29.1 Å². The lowest BCUT2D eigenvalue weighted by Gasteiger charge is -2.51. The minimum atomic E-state index is -0.618. The van der Waals surface area contributed by atoms with E-state index in [0.29, 0.717) is 6.61 Å². The lowest BCUT2D eigenvalue weighted by molar-refractivity contribution is -0.243. The van der Waals surface area contributed by atoms with Gasteiger partial charge in [-0.05, 0) is 60.7 Å². The predicted molar refractivity (Wildman–Crippen MR) is 116 cm³/mol. The molecule has 31 heavy (non-hydrogen) atoms. The molecule has 0 bridgehead atoms. The highest BCUT2D eigenvalue weighted by molar-refractivity contribution is 5.62. The first-order chi connectivity index (χ1) is 15.1. The van der Waals surface area contributed by atoms with Crippen molar-refractivity contribution in [3.63, 3.8) is 0 Å². The average Bonchev–Trinajstić information content (AvgIpc) is 3.40. The molecule has 1 aliphatic heterocycles. The monoisotopic (exact) mass is 416 g/mol. The molecule has 5 heteroatoms. The summed E-state index contributed by atoms with van der Waals surface area (Å²) in [7, 11) is 0. The standard InChI is InChI=1S/C26H25FN2O2/c1-25-15-19-16-28-29(22-11-9-21(27)10-12-22)23(19)14-20(25)8-5-13-26(25)30-17-24(31-26)18-6-3-2-4-7-18/h2-4,6-7,9-12,14,16,24H,5,8,13,15,17H2,1H3/t24-,25-,26?/m0/s1. The minimum Gasteiger partial charge on any atom is -0.346 e. The molecule has 2 aromatic carbocycles. The van der Waals surface area contributed by atoms with Crippen LogP contribution in [0.25, 0.3) is 11.8 Å². The Kier molecular flexibility index (Phi) is 4.20. The van der Waals surface area contributed by atoms with Gasteiger partial charge in [0.1, 0.15) is 11.9 Å². The summed E-state index contributed by atoms with van der Waals surface area (Å²) >= 11 is 0. The van der Waals surface area contributed by atoms with Crippen molar-refractivity contribution < 1.29 is 13.9 Å². The maximum Gasteiger partial charge on any atom is 0.178 e. The lowest BCUT2D eigenvalue weighted by Crippen LogP contribution is -2.53. The Morgan fingerprint density at radius 1 is 1.10 bits per heavy atom. The van der Waals surface area contributed by atoms with Crippen LogP contribution in [0, 0.1) is 11.2 Å². The van der Waals surface area contributed by atoms with Crippen molar-refractivity contribution >= 4 is 6.08 Å². The van der Waals surface area contributed by atoms with Crippen molar-refractivity contribution in [2.24, 2.45) is 5.41 Å².